The molecule has 3 aromatic carbocycles. The first kappa shape index (κ1) is 20.2. The Kier molecular flexibility index (Phi) is 6.69. The summed E-state index contributed by atoms with van der Waals surface area (Å²) in [6, 6.07) is 24.5. The van der Waals surface area contributed by atoms with Gasteiger partial charge in [0.05, 0.1) is 13.7 Å². The van der Waals surface area contributed by atoms with Crippen LogP contribution in [0.15, 0.2) is 78.9 Å². The van der Waals surface area contributed by atoms with Gasteiger partial charge in [-0.15, -0.1) is 0 Å². The third-order valence-corrected chi connectivity index (χ3v) is 4.36. The second-order valence-electron chi connectivity index (χ2n) is 6.43. The van der Waals surface area contributed by atoms with Crippen molar-refractivity contribution in [3.8, 4) is 11.5 Å². The van der Waals surface area contributed by atoms with Crippen LogP contribution < -0.4 is 9.47 Å². The molecule has 0 atom stereocenters. The van der Waals surface area contributed by atoms with Gasteiger partial charge < -0.3 is 14.2 Å². The van der Waals surface area contributed by atoms with Crippen molar-refractivity contribution in [1.82, 2.24) is 0 Å². The van der Waals surface area contributed by atoms with Crippen LogP contribution in [-0.4, -0.2) is 19.7 Å². The molecule has 0 spiro atoms. The molecule has 0 aliphatic carbocycles. The van der Waals surface area contributed by atoms with Crippen LogP contribution in [0.4, 0.5) is 0 Å². The topological polar surface area (TPSA) is 44.8 Å². The first-order chi connectivity index (χ1) is 14.1. The number of para-hydroxylation sites is 1. The maximum Gasteiger partial charge on any atom is 0.342 e. The fourth-order valence-corrected chi connectivity index (χ4v) is 2.87. The molecule has 0 aromatic heterocycles. The van der Waals surface area contributed by atoms with E-state index in [1.165, 1.54) is 0 Å². The standard InChI is InChI=1S/C25H24O4/c1-4-28-25(26)23(19-12-10-18(2)11-13-19)24(29-22-8-6-5-7-9-22)20-14-16-21(27-3)17-15-20/h5-17H,4H2,1-3H3/b24-23+. The first-order valence-electron chi connectivity index (χ1n) is 9.48. The van der Waals surface area contributed by atoms with E-state index >= 15 is 0 Å². The highest BCUT2D eigenvalue weighted by Crippen LogP contribution is 2.31. The Morgan fingerprint density at radius 3 is 2.00 bits per heavy atom. The van der Waals surface area contributed by atoms with Crippen molar-refractivity contribution in [3.05, 3.63) is 95.6 Å². The van der Waals surface area contributed by atoms with Crippen molar-refractivity contribution in [3.63, 3.8) is 0 Å². The Bertz CT molecular complexity index is 972. The van der Waals surface area contributed by atoms with Gasteiger partial charge in [0.2, 0.25) is 0 Å². The zero-order valence-corrected chi connectivity index (χ0v) is 16.8. The van der Waals surface area contributed by atoms with E-state index in [0.717, 1.165) is 22.4 Å². The third kappa shape index (κ3) is 5.05. The molecule has 148 valence electrons. The number of rotatable bonds is 7. The van der Waals surface area contributed by atoms with Gasteiger partial charge in [-0.05, 0) is 55.8 Å². The van der Waals surface area contributed by atoms with E-state index < -0.39 is 5.97 Å². The van der Waals surface area contributed by atoms with Gasteiger partial charge in [-0.2, -0.15) is 0 Å². The van der Waals surface area contributed by atoms with Gasteiger partial charge >= 0.3 is 5.97 Å². The van der Waals surface area contributed by atoms with Crippen LogP contribution in [0.25, 0.3) is 11.3 Å². The van der Waals surface area contributed by atoms with Crippen molar-refractivity contribution in [2.24, 2.45) is 0 Å². The van der Waals surface area contributed by atoms with Crippen LogP contribution in [0.1, 0.15) is 23.6 Å². The largest absolute Gasteiger partial charge is 0.497 e. The van der Waals surface area contributed by atoms with Gasteiger partial charge in [-0.25, -0.2) is 4.79 Å². The highest BCUT2D eigenvalue weighted by molar-refractivity contribution is 6.23. The van der Waals surface area contributed by atoms with Gasteiger partial charge in [0.25, 0.3) is 0 Å². The summed E-state index contributed by atoms with van der Waals surface area (Å²) in [5.41, 5.74) is 2.96. The lowest BCUT2D eigenvalue weighted by Crippen LogP contribution is -2.12. The van der Waals surface area contributed by atoms with Crippen LogP contribution in [0.5, 0.6) is 11.5 Å². The van der Waals surface area contributed by atoms with E-state index in [1.54, 1.807) is 14.0 Å². The van der Waals surface area contributed by atoms with E-state index in [0.29, 0.717) is 17.1 Å². The number of ether oxygens (including phenoxy) is 3. The van der Waals surface area contributed by atoms with E-state index in [4.69, 9.17) is 14.2 Å². The van der Waals surface area contributed by atoms with Crippen LogP contribution >= 0.6 is 0 Å². The van der Waals surface area contributed by atoms with Gasteiger partial charge in [-0.3, -0.25) is 0 Å². The summed E-state index contributed by atoms with van der Waals surface area (Å²) >= 11 is 0. The number of esters is 1. The molecule has 0 amide bonds. The van der Waals surface area contributed by atoms with Crippen LogP contribution in [0, 0.1) is 6.92 Å². The second kappa shape index (κ2) is 9.60. The Labute approximate surface area is 171 Å². The zero-order chi connectivity index (χ0) is 20.6. The number of carbonyl (C=O) groups is 1. The molecule has 0 saturated heterocycles. The summed E-state index contributed by atoms with van der Waals surface area (Å²) in [5, 5.41) is 0. The average molecular weight is 388 g/mol. The molecule has 3 aromatic rings. The zero-order valence-electron chi connectivity index (χ0n) is 16.8. The van der Waals surface area contributed by atoms with Crippen LogP contribution in [0.2, 0.25) is 0 Å². The molecule has 0 fully saturated rings. The number of benzene rings is 3. The van der Waals surface area contributed by atoms with Gasteiger partial charge in [-0.1, -0.05) is 48.0 Å². The van der Waals surface area contributed by atoms with Crippen LogP contribution in [-0.2, 0) is 9.53 Å². The fourth-order valence-electron chi connectivity index (χ4n) is 2.87. The van der Waals surface area contributed by atoms with Crippen molar-refractivity contribution < 1.29 is 19.0 Å². The number of hydrogen-bond acceptors (Lipinski definition) is 4. The number of hydrogen-bond donors (Lipinski definition) is 0. The maximum atomic E-state index is 13.0. The minimum Gasteiger partial charge on any atom is -0.497 e. The summed E-state index contributed by atoms with van der Waals surface area (Å²) in [6.07, 6.45) is 0. The highest BCUT2D eigenvalue weighted by Gasteiger charge is 2.22. The normalized spacial score (nSPS) is 11.4. The van der Waals surface area contributed by atoms with Crippen molar-refractivity contribution >= 4 is 17.3 Å². The average Bonchev–Trinajstić information content (AvgIpc) is 2.75. The van der Waals surface area contributed by atoms with E-state index in [9.17, 15) is 4.79 Å². The van der Waals surface area contributed by atoms with Crippen molar-refractivity contribution in [2.45, 2.75) is 13.8 Å². The SMILES string of the molecule is CCOC(=O)/C(=C(/Oc1ccccc1)c1ccc(OC)cc1)c1ccc(C)cc1. The quantitative estimate of drug-likeness (QED) is 0.232. The molecule has 0 radical (unpaired) electrons. The van der Waals surface area contributed by atoms with Crippen molar-refractivity contribution in [1.29, 1.82) is 0 Å². The number of methoxy groups -OCH3 is 1. The van der Waals surface area contributed by atoms with E-state index in [2.05, 4.69) is 0 Å². The molecule has 0 aliphatic heterocycles. The molecule has 0 N–H and O–H groups in total. The van der Waals surface area contributed by atoms with E-state index in [1.807, 2.05) is 85.8 Å². The first-order valence-corrected chi connectivity index (χ1v) is 9.48. The lowest BCUT2D eigenvalue weighted by atomic mass is 9.99. The Morgan fingerprint density at radius 1 is 0.793 bits per heavy atom. The monoisotopic (exact) mass is 388 g/mol. The summed E-state index contributed by atoms with van der Waals surface area (Å²) < 4.78 is 16.9. The Hall–Kier alpha value is -3.53. The lowest BCUT2D eigenvalue weighted by Gasteiger charge is -2.17. The molecule has 4 nitrogen and oxygen atoms in total. The summed E-state index contributed by atoms with van der Waals surface area (Å²) in [5.74, 6) is 1.35. The Balaban J connectivity index is 2.21. The summed E-state index contributed by atoms with van der Waals surface area (Å²) in [4.78, 5) is 13.0. The molecule has 0 heterocycles. The smallest absolute Gasteiger partial charge is 0.342 e. The number of carbonyl (C=O) groups excluding carboxylic acids is 1. The minimum atomic E-state index is -0.432. The van der Waals surface area contributed by atoms with E-state index in [-0.39, 0.29) is 6.61 Å². The summed E-state index contributed by atoms with van der Waals surface area (Å²) in [7, 11) is 1.61. The molecule has 0 bridgehead atoms. The van der Waals surface area contributed by atoms with Gasteiger partial charge in [0.1, 0.15) is 22.8 Å². The fraction of sp³-hybridized carbons (Fsp3) is 0.160. The maximum absolute atomic E-state index is 13.0. The summed E-state index contributed by atoms with van der Waals surface area (Å²) in [6.45, 7) is 4.06. The highest BCUT2D eigenvalue weighted by atomic mass is 16.5. The van der Waals surface area contributed by atoms with Gasteiger partial charge in [0.15, 0.2) is 0 Å². The molecule has 29 heavy (non-hydrogen) atoms. The predicted octanol–water partition coefficient (Wildman–Crippen LogP) is 5.51. The molecule has 0 aliphatic rings. The Morgan fingerprint density at radius 2 is 1.41 bits per heavy atom. The molecule has 3 rings (SSSR count). The molecule has 0 saturated carbocycles. The van der Waals surface area contributed by atoms with Crippen molar-refractivity contribution in [2.75, 3.05) is 13.7 Å². The predicted molar refractivity (Wildman–Crippen MR) is 115 cm³/mol. The number of aryl methyl sites for hydroxylation is 1. The third-order valence-electron chi connectivity index (χ3n) is 4.36. The lowest BCUT2D eigenvalue weighted by molar-refractivity contribution is -0.136. The minimum absolute atomic E-state index is 0.273. The van der Waals surface area contributed by atoms with Crippen LogP contribution in [0.3, 0.4) is 0 Å². The molecular weight excluding hydrogens is 364 g/mol. The molecule has 4 heteroatoms. The second-order valence-corrected chi connectivity index (χ2v) is 6.43. The molecular formula is C25H24O4. The molecule has 0 unspecified atom stereocenters. The van der Waals surface area contributed by atoms with Gasteiger partial charge in [0, 0.05) is 5.56 Å².